The molecule has 0 atom stereocenters. The lowest BCUT2D eigenvalue weighted by atomic mass is 10.1. The molecule has 0 N–H and O–H groups in total. The van der Waals surface area contributed by atoms with Gasteiger partial charge in [-0.05, 0) is 54.6 Å². The molecule has 1 aromatic carbocycles. The third kappa shape index (κ3) is 1.98. The Morgan fingerprint density at radius 3 is 2.45 bits per heavy atom. The van der Waals surface area contributed by atoms with Crippen molar-refractivity contribution in [3.05, 3.63) is 73.5 Å². The summed E-state index contributed by atoms with van der Waals surface area (Å²) in [4.78, 5) is 11.6. The molecule has 3 nitrogen and oxygen atoms in total. The van der Waals surface area contributed by atoms with E-state index >= 15 is 0 Å². The molecule has 0 bridgehead atoms. The van der Waals surface area contributed by atoms with E-state index in [-0.39, 0.29) is 10.6 Å². The molecule has 0 spiro atoms. The summed E-state index contributed by atoms with van der Waals surface area (Å²) in [5, 5.41) is 12.8. The predicted octanol–water partition coefficient (Wildman–Crippen LogP) is 4.90. The molecule has 2 aromatic rings. The molecule has 0 saturated carbocycles. The molecule has 1 aromatic heterocycles. The largest absolute Gasteiger partial charge is 0.269 e. The Morgan fingerprint density at radius 1 is 1.15 bits per heavy atom. The van der Waals surface area contributed by atoms with E-state index in [0.29, 0.717) is 0 Å². The van der Waals surface area contributed by atoms with Gasteiger partial charge < -0.3 is 0 Å². The van der Waals surface area contributed by atoms with Gasteiger partial charge in [0.05, 0.1) is 4.92 Å². The fraction of sp³-hybridized carbons (Fsp3) is 0.125. The van der Waals surface area contributed by atoms with Crippen LogP contribution in [0.4, 0.5) is 5.69 Å². The standard InChI is InChI=1S/C16H13NO2S/c1-10(2)14-9-15(16-13(14)7-8-20-16)11-3-5-12(6-4-11)17(18)19/h3-9H,1-2H3. The Morgan fingerprint density at radius 2 is 1.85 bits per heavy atom. The van der Waals surface area contributed by atoms with Crippen LogP contribution < -0.4 is 0 Å². The number of hydrogen-bond donors (Lipinski definition) is 0. The molecule has 0 amide bonds. The second kappa shape index (κ2) is 4.72. The zero-order chi connectivity index (χ0) is 14.3. The molecule has 0 unspecified atom stereocenters. The van der Waals surface area contributed by atoms with E-state index in [4.69, 9.17) is 0 Å². The van der Waals surface area contributed by atoms with Gasteiger partial charge in [0.1, 0.15) is 0 Å². The van der Waals surface area contributed by atoms with Gasteiger partial charge in [-0.15, -0.1) is 11.3 Å². The van der Waals surface area contributed by atoms with Crippen LogP contribution in [0.25, 0.3) is 11.1 Å². The van der Waals surface area contributed by atoms with Gasteiger partial charge in [-0.25, -0.2) is 0 Å². The van der Waals surface area contributed by atoms with Crippen LogP contribution in [-0.2, 0) is 0 Å². The van der Waals surface area contributed by atoms with Crippen molar-refractivity contribution in [2.75, 3.05) is 0 Å². The number of benzene rings is 1. The van der Waals surface area contributed by atoms with Gasteiger partial charge in [-0.2, -0.15) is 0 Å². The van der Waals surface area contributed by atoms with Crippen LogP contribution in [0, 0.1) is 10.1 Å². The first kappa shape index (κ1) is 12.8. The minimum Gasteiger partial charge on any atom is -0.258 e. The lowest BCUT2D eigenvalue weighted by Crippen LogP contribution is -1.88. The molecule has 1 aliphatic rings. The van der Waals surface area contributed by atoms with Crippen molar-refractivity contribution < 1.29 is 4.92 Å². The number of non-ortho nitro benzene ring substituents is 1. The average Bonchev–Trinajstić information content (AvgIpc) is 2.99. The van der Waals surface area contributed by atoms with Crippen molar-refractivity contribution in [3.8, 4) is 0 Å². The molecule has 3 rings (SSSR count). The summed E-state index contributed by atoms with van der Waals surface area (Å²) in [6, 6.07) is 8.90. The number of fused-ring (bicyclic) bond motifs is 1. The molecule has 4 heteroatoms. The van der Waals surface area contributed by atoms with Crippen molar-refractivity contribution in [3.63, 3.8) is 0 Å². The second-order valence-electron chi connectivity index (χ2n) is 4.94. The van der Waals surface area contributed by atoms with E-state index in [2.05, 4.69) is 31.4 Å². The van der Waals surface area contributed by atoms with Crippen LogP contribution in [-0.4, -0.2) is 4.92 Å². The lowest BCUT2D eigenvalue weighted by Gasteiger charge is -2.01. The van der Waals surface area contributed by atoms with Gasteiger partial charge in [0.2, 0.25) is 0 Å². The van der Waals surface area contributed by atoms with Crippen molar-refractivity contribution in [2.24, 2.45) is 0 Å². The molecule has 0 radical (unpaired) electrons. The summed E-state index contributed by atoms with van der Waals surface area (Å²) in [6.07, 6.45) is 2.18. The topological polar surface area (TPSA) is 43.1 Å². The van der Waals surface area contributed by atoms with E-state index in [1.807, 2.05) is 12.1 Å². The summed E-state index contributed by atoms with van der Waals surface area (Å²) in [5.41, 5.74) is 6.11. The van der Waals surface area contributed by atoms with Crippen LogP contribution in [0.3, 0.4) is 0 Å². The fourth-order valence-electron chi connectivity index (χ4n) is 2.41. The van der Waals surface area contributed by atoms with Crippen LogP contribution in [0.1, 0.15) is 29.9 Å². The zero-order valence-corrected chi connectivity index (χ0v) is 12.0. The molecule has 1 heterocycles. The van der Waals surface area contributed by atoms with Gasteiger partial charge in [0.25, 0.3) is 5.69 Å². The number of rotatable bonds is 2. The highest BCUT2D eigenvalue weighted by Gasteiger charge is 2.21. The highest BCUT2D eigenvalue weighted by Crippen LogP contribution is 2.43. The first-order valence-corrected chi connectivity index (χ1v) is 7.18. The number of nitrogens with zero attached hydrogens (tertiary/aromatic N) is 1. The van der Waals surface area contributed by atoms with E-state index in [0.717, 1.165) is 11.1 Å². The maximum atomic E-state index is 10.7. The van der Waals surface area contributed by atoms with E-state index in [1.165, 1.54) is 21.6 Å². The Hall–Kier alpha value is -2.20. The molecular formula is C16H13NO2S. The molecular weight excluding hydrogens is 270 g/mol. The van der Waals surface area contributed by atoms with Crippen LogP contribution >= 0.6 is 11.3 Å². The molecule has 0 aliphatic heterocycles. The molecule has 0 saturated heterocycles. The van der Waals surface area contributed by atoms with Crippen molar-refractivity contribution in [1.82, 2.24) is 0 Å². The first-order valence-electron chi connectivity index (χ1n) is 6.30. The van der Waals surface area contributed by atoms with Gasteiger partial charge in [-0.3, -0.25) is 10.1 Å². The summed E-state index contributed by atoms with van der Waals surface area (Å²) < 4.78 is 0. The predicted molar refractivity (Wildman–Crippen MR) is 82.8 cm³/mol. The van der Waals surface area contributed by atoms with Crippen molar-refractivity contribution >= 4 is 28.2 Å². The summed E-state index contributed by atoms with van der Waals surface area (Å²) in [5.74, 6) is 0. The minimum atomic E-state index is -0.370. The molecule has 1 aliphatic carbocycles. The lowest BCUT2D eigenvalue weighted by molar-refractivity contribution is -0.384. The van der Waals surface area contributed by atoms with Crippen LogP contribution in [0.15, 0.2) is 47.4 Å². The summed E-state index contributed by atoms with van der Waals surface area (Å²) in [6.45, 7) is 4.21. The maximum Gasteiger partial charge on any atom is 0.269 e. The number of nitro groups is 1. The second-order valence-corrected chi connectivity index (χ2v) is 5.86. The van der Waals surface area contributed by atoms with Gasteiger partial charge in [0, 0.05) is 28.1 Å². The molecule has 20 heavy (non-hydrogen) atoms. The minimum absolute atomic E-state index is 0.126. The number of thiophene rings is 1. The normalized spacial score (nSPS) is 13.1. The van der Waals surface area contributed by atoms with Crippen molar-refractivity contribution in [2.45, 2.75) is 13.8 Å². The SMILES string of the molecule is CC(C)=C1C=C(c2ccc([N+](=O)[O-])cc2)c2sccc21. The van der Waals surface area contributed by atoms with Gasteiger partial charge in [-0.1, -0.05) is 5.57 Å². The maximum absolute atomic E-state index is 10.7. The van der Waals surface area contributed by atoms with Gasteiger partial charge in [0.15, 0.2) is 0 Å². The highest BCUT2D eigenvalue weighted by molar-refractivity contribution is 7.11. The summed E-state index contributed by atoms with van der Waals surface area (Å²) in [7, 11) is 0. The number of allylic oxidation sites excluding steroid dienone is 3. The Labute approximate surface area is 121 Å². The van der Waals surface area contributed by atoms with Crippen LogP contribution in [0.2, 0.25) is 0 Å². The smallest absolute Gasteiger partial charge is 0.258 e. The Kier molecular flexibility index (Phi) is 3.03. The third-order valence-corrected chi connectivity index (χ3v) is 4.36. The number of nitro benzene ring substituents is 1. The molecule has 0 fully saturated rings. The first-order chi connectivity index (χ1) is 9.58. The van der Waals surface area contributed by atoms with E-state index in [9.17, 15) is 10.1 Å². The average molecular weight is 283 g/mol. The van der Waals surface area contributed by atoms with E-state index in [1.54, 1.807) is 23.5 Å². The Bertz CT molecular complexity index is 747. The third-order valence-electron chi connectivity index (χ3n) is 3.42. The quantitative estimate of drug-likeness (QED) is 0.581. The fourth-order valence-corrected chi connectivity index (χ4v) is 3.36. The van der Waals surface area contributed by atoms with Crippen LogP contribution in [0.5, 0.6) is 0 Å². The number of hydrogen-bond acceptors (Lipinski definition) is 3. The highest BCUT2D eigenvalue weighted by atomic mass is 32.1. The monoisotopic (exact) mass is 283 g/mol. The zero-order valence-electron chi connectivity index (χ0n) is 11.2. The summed E-state index contributed by atoms with van der Waals surface area (Å²) >= 11 is 1.71. The van der Waals surface area contributed by atoms with Gasteiger partial charge >= 0.3 is 0 Å². The Balaban J connectivity index is 2.10. The van der Waals surface area contributed by atoms with E-state index < -0.39 is 0 Å². The molecule has 100 valence electrons. The van der Waals surface area contributed by atoms with Crippen molar-refractivity contribution in [1.29, 1.82) is 0 Å².